The van der Waals surface area contributed by atoms with Gasteiger partial charge >= 0.3 is 5.69 Å². The van der Waals surface area contributed by atoms with Gasteiger partial charge in [-0.25, -0.2) is 4.79 Å². The zero-order chi connectivity index (χ0) is 40.6. The normalized spacial score (nSPS) is 35.9. The fraction of sp³-hybridized carbons (Fsp3) is 0.771. The first-order valence-corrected chi connectivity index (χ1v) is 18.6. The van der Waals surface area contributed by atoms with Crippen molar-refractivity contribution in [3.63, 3.8) is 0 Å². The Kier molecular flexibility index (Phi) is 16.5. The number of hydrogen-bond acceptors (Lipinski definition) is 16. The molecule has 0 saturated carbocycles. The molecule has 55 heavy (non-hydrogen) atoms. The SMILES string of the molecule is CC(=O)NC1C(OC2OC(CC(O)C3OC(n4ccc(=O)[nH]c4=O)C(O)C3O)C(O)C(O)C2NC(=O)C=CCCCCCCC(C)C)OC(CO)C(O)C1O. The van der Waals surface area contributed by atoms with Crippen LogP contribution in [-0.2, 0) is 28.5 Å². The maximum atomic E-state index is 13.1. The lowest BCUT2D eigenvalue weighted by atomic mass is 9.91. The third-order valence-electron chi connectivity index (χ3n) is 9.95. The minimum atomic E-state index is -1.85. The third kappa shape index (κ3) is 11.5. The van der Waals surface area contributed by atoms with Gasteiger partial charge in [0.25, 0.3) is 5.56 Å². The number of allylic oxidation sites excluding steroid dienone is 1. The summed E-state index contributed by atoms with van der Waals surface area (Å²) in [4.78, 5) is 50.9. The summed E-state index contributed by atoms with van der Waals surface area (Å²) in [5.41, 5.74) is -1.69. The largest absolute Gasteiger partial charge is 0.394 e. The van der Waals surface area contributed by atoms with Crippen LogP contribution in [0.15, 0.2) is 34.0 Å². The van der Waals surface area contributed by atoms with Crippen LogP contribution in [-0.4, -0.2) is 155 Å². The highest BCUT2D eigenvalue weighted by Crippen LogP contribution is 2.34. The molecule has 2 amide bonds. The first kappa shape index (κ1) is 44.6. The van der Waals surface area contributed by atoms with Crippen molar-refractivity contribution in [2.75, 3.05) is 6.61 Å². The number of ether oxygens (including phenoxy) is 4. The molecule has 3 aliphatic rings. The van der Waals surface area contributed by atoms with Gasteiger partial charge in [-0.3, -0.25) is 23.9 Å². The van der Waals surface area contributed by atoms with E-state index in [2.05, 4.69) is 24.5 Å². The fourth-order valence-corrected chi connectivity index (χ4v) is 6.92. The number of aliphatic hydroxyl groups is 8. The number of aromatic amines is 1. The van der Waals surface area contributed by atoms with Gasteiger partial charge in [0.05, 0.1) is 18.8 Å². The Morgan fingerprint density at radius 2 is 1.49 bits per heavy atom. The summed E-state index contributed by atoms with van der Waals surface area (Å²) >= 11 is 0. The minimum absolute atomic E-state index is 0.597. The quantitative estimate of drug-likeness (QED) is 0.0536. The predicted molar refractivity (Wildman–Crippen MR) is 189 cm³/mol. The van der Waals surface area contributed by atoms with E-state index in [1.807, 2.05) is 4.98 Å². The van der Waals surface area contributed by atoms with Gasteiger partial charge in [-0.2, -0.15) is 0 Å². The Morgan fingerprint density at radius 3 is 2.11 bits per heavy atom. The van der Waals surface area contributed by atoms with Crippen molar-refractivity contribution in [2.24, 2.45) is 5.92 Å². The summed E-state index contributed by atoms with van der Waals surface area (Å²) in [6.07, 6.45) is -12.8. The van der Waals surface area contributed by atoms with E-state index in [1.54, 1.807) is 6.08 Å². The molecule has 3 fully saturated rings. The molecule has 15 atom stereocenters. The highest BCUT2D eigenvalue weighted by molar-refractivity contribution is 5.87. The van der Waals surface area contributed by atoms with E-state index in [0.717, 1.165) is 55.9 Å². The van der Waals surface area contributed by atoms with Crippen LogP contribution in [0.5, 0.6) is 0 Å². The van der Waals surface area contributed by atoms with Crippen molar-refractivity contribution in [2.45, 2.75) is 158 Å². The predicted octanol–water partition coefficient (Wildman–Crippen LogP) is -3.65. The summed E-state index contributed by atoms with van der Waals surface area (Å²) < 4.78 is 24.0. The maximum Gasteiger partial charge on any atom is 0.330 e. The Morgan fingerprint density at radius 1 is 0.873 bits per heavy atom. The molecule has 3 saturated heterocycles. The Balaban J connectivity index is 1.52. The van der Waals surface area contributed by atoms with Gasteiger partial charge in [-0.05, 0) is 24.8 Å². The molecular weight excluding hydrogens is 732 g/mol. The number of carbonyl (C=O) groups excluding carboxylic acids is 2. The van der Waals surface area contributed by atoms with Crippen molar-refractivity contribution >= 4 is 11.8 Å². The van der Waals surface area contributed by atoms with Crippen LogP contribution in [0, 0.1) is 5.92 Å². The van der Waals surface area contributed by atoms with Gasteiger partial charge in [-0.1, -0.05) is 45.6 Å². The van der Waals surface area contributed by atoms with E-state index in [4.69, 9.17) is 18.9 Å². The van der Waals surface area contributed by atoms with Crippen LogP contribution in [0.1, 0.15) is 71.9 Å². The fourth-order valence-electron chi connectivity index (χ4n) is 6.92. The number of aromatic nitrogens is 2. The Labute approximate surface area is 316 Å². The minimum Gasteiger partial charge on any atom is -0.394 e. The highest BCUT2D eigenvalue weighted by atomic mass is 16.8. The standard InChI is InChI=1S/C35H56N4O16/c1-16(2)10-8-6-4-5-7-9-11-21(43)37-24-28(48)25(45)19(52-34(24)55-33-23(36-17(3)41)27(47)26(46)20(15-40)53-33)14-18(42)31-29(49)30(50)32(54-31)39-13-12-22(44)38-35(39)51/h9,11-13,16,18-20,23-34,40,42,45-50H,4-8,10,14-15H2,1-3H3,(H,36,41)(H,37,43)(H,38,44,51). The molecule has 20 nitrogen and oxygen atoms in total. The average Bonchev–Trinajstić information content (AvgIpc) is 3.42. The molecule has 312 valence electrons. The smallest absolute Gasteiger partial charge is 0.330 e. The topological polar surface area (TPSA) is 312 Å². The molecule has 0 bridgehead atoms. The van der Waals surface area contributed by atoms with Crippen molar-refractivity contribution in [1.29, 1.82) is 0 Å². The summed E-state index contributed by atoms with van der Waals surface area (Å²) in [5.74, 6) is -0.729. The van der Waals surface area contributed by atoms with Crippen molar-refractivity contribution < 1.29 is 69.4 Å². The maximum absolute atomic E-state index is 13.1. The second-order valence-corrected chi connectivity index (χ2v) is 14.7. The zero-order valence-electron chi connectivity index (χ0n) is 31.0. The molecule has 0 radical (unpaired) electrons. The number of carbonyl (C=O) groups is 2. The molecule has 11 N–H and O–H groups in total. The molecule has 0 aromatic carbocycles. The van der Waals surface area contributed by atoms with Crippen molar-refractivity contribution in [3.05, 3.63) is 45.3 Å². The molecular formula is C35H56N4O16. The van der Waals surface area contributed by atoms with Gasteiger partial charge in [0.15, 0.2) is 18.8 Å². The molecule has 4 rings (SSSR count). The summed E-state index contributed by atoms with van der Waals surface area (Å²) in [6.45, 7) is 4.67. The number of rotatable bonds is 17. The first-order valence-electron chi connectivity index (χ1n) is 18.6. The van der Waals surface area contributed by atoms with E-state index in [0.29, 0.717) is 12.3 Å². The summed E-state index contributed by atoms with van der Waals surface area (Å²) in [5, 5.41) is 91.1. The summed E-state index contributed by atoms with van der Waals surface area (Å²) in [6, 6.07) is -2.01. The van der Waals surface area contributed by atoms with Crippen LogP contribution in [0.3, 0.4) is 0 Å². The van der Waals surface area contributed by atoms with E-state index >= 15 is 0 Å². The van der Waals surface area contributed by atoms with E-state index in [9.17, 15) is 60.0 Å². The van der Waals surface area contributed by atoms with E-state index < -0.39 is 128 Å². The van der Waals surface area contributed by atoms with Crippen molar-refractivity contribution in [1.82, 2.24) is 20.2 Å². The number of nitrogens with zero attached hydrogens (tertiary/aromatic N) is 1. The first-order chi connectivity index (χ1) is 26.0. The van der Waals surface area contributed by atoms with Crippen LogP contribution in [0.2, 0.25) is 0 Å². The number of hydrogen-bond donors (Lipinski definition) is 11. The molecule has 0 spiro atoms. The van der Waals surface area contributed by atoms with E-state index in [1.165, 1.54) is 6.08 Å². The van der Waals surface area contributed by atoms with Gasteiger partial charge in [0, 0.05) is 25.6 Å². The number of aliphatic hydroxyl groups excluding tert-OH is 8. The Bertz CT molecular complexity index is 1540. The lowest BCUT2D eigenvalue weighted by molar-refractivity contribution is -0.346. The van der Waals surface area contributed by atoms with Gasteiger partial charge in [-0.15, -0.1) is 0 Å². The van der Waals surface area contributed by atoms with Crippen LogP contribution in [0.25, 0.3) is 0 Å². The molecule has 4 heterocycles. The number of unbranched alkanes of at least 4 members (excludes halogenated alkanes) is 4. The highest BCUT2D eigenvalue weighted by Gasteiger charge is 2.53. The third-order valence-corrected chi connectivity index (χ3v) is 9.95. The average molecular weight is 789 g/mol. The monoisotopic (exact) mass is 788 g/mol. The summed E-state index contributed by atoms with van der Waals surface area (Å²) in [7, 11) is 0. The molecule has 3 aliphatic heterocycles. The van der Waals surface area contributed by atoms with Gasteiger partial charge < -0.3 is 70.4 Å². The molecule has 0 aliphatic carbocycles. The Hall–Kier alpha value is -3.12. The van der Waals surface area contributed by atoms with E-state index in [-0.39, 0.29) is 0 Å². The second-order valence-electron chi connectivity index (χ2n) is 14.7. The van der Waals surface area contributed by atoms with Crippen LogP contribution >= 0.6 is 0 Å². The number of H-pyrrole nitrogens is 1. The van der Waals surface area contributed by atoms with Crippen LogP contribution < -0.4 is 21.9 Å². The zero-order valence-corrected chi connectivity index (χ0v) is 31.0. The number of nitrogens with one attached hydrogen (secondary N) is 3. The van der Waals surface area contributed by atoms with Crippen LogP contribution in [0.4, 0.5) is 0 Å². The molecule has 20 heteroatoms. The molecule has 1 aromatic rings. The number of amides is 2. The second kappa shape index (κ2) is 20.3. The molecule has 15 unspecified atom stereocenters. The molecule has 1 aromatic heterocycles. The van der Waals surface area contributed by atoms with Gasteiger partial charge in [0.2, 0.25) is 11.8 Å². The lowest BCUT2D eigenvalue weighted by Crippen LogP contribution is -2.68. The van der Waals surface area contributed by atoms with Crippen molar-refractivity contribution in [3.8, 4) is 0 Å². The lowest BCUT2D eigenvalue weighted by Gasteiger charge is -2.47. The van der Waals surface area contributed by atoms with Gasteiger partial charge in [0.1, 0.15) is 60.9 Å².